The van der Waals surface area contributed by atoms with Crippen molar-refractivity contribution in [3.8, 4) is 11.4 Å². The van der Waals surface area contributed by atoms with E-state index < -0.39 is 5.82 Å². The van der Waals surface area contributed by atoms with Crippen molar-refractivity contribution < 1.29 is 9.18 Å². The first kappa shape index (κ1) is 20.1. The molecule has 0 spiro atoms. The van der Waals surface area contributed by atoms with Gasteiger partial charge in [-0.2, -0.15) is 0 Å². The molecule has 0 aliphatic rings. The molecule has 5 nitrogen and oxygen atoms in total. The Bertz CT molecular complexity index is 1010. The number of benzene rings is 2. The molecule has 10 heteroatoms. The number of thioether (sulfide) groups is 1. The normalized spacial score (nSPS) is 10.9. The Morgan fingerprint density at radius 1 is 1.26 bits per heavy atom. The summed E-state index contributed by atoms with van der Waals surface area (Å²) in [5.74, 6) is -0.259. The van der Waals surface area contributed by atoms with Crippen LogP contribution in [0.4, 0.5) is 10.1 Å². The molecule has 0 saturated heterocycles. The van der Waals surface area contributed by atoms with Crippen LogP contribution in [0.2, 0.25) is 10.0 Å². The Balaban J connectivity index is 1.68. The zero-order chi connectivity index (χ0) is 19.6. The minimum absolute atomic E-state index is 0.0514. The lowest BCUT2D eigenvalue weighted by Gasteiger charge is -2.07. The maximum atomic E-state index is 13.8. The number of carbonyl (C=O) groups is 1. The largest absolute Gasteiger partial charge is 0.323 e. The summed E-state index contributed by atoms with van der Waals surface area (Å²) in [6.07, 6.45) is 0. The van der Waals surface area contributed by atoms with E-state index >= 15 is 0 Å². The zero-order valence-corrected chi connectivity index (χ0v) is 17.8. The van der Waals surface area contributed by atoms with Crippen molar-refractivity contribution in [2.24, 2.45) is 7.05 Å². The molecule has 0 aliphatic heterocycles. The van der Waals surface area contributed by atoms with E-state index in [9.17, 15) is 9.18 Å². The number of hydrogen-bond acceptors (Lipinski definition) is 4. The van der Waals surface area contributed by atoms with E-state index in [1.54, 1.807) is 35.9 Å². The number of amides is 1. The van der Waals surface area contributed by atoms with Crippen LogP contribution in [0.25, 0.3) is 11.4 Å². The Morgan fingerprint density at radius 3 is 2.74 bits per heavy atom. The van der Waals surface area contributed by atoms with E-state index in [4.69, 9.17) is 23.2 Å². The molecule has 3 aromatic rings. The average Bonchev–Trinajstić information content (AvgIpc) is 2.96. The van der Waals surface area contributed by atoms with E-state index in [-0.39, 0.29) is 17.3 Å². The molecule has 0 unspecified atom stereocenters. The van der Waals surface area contributed by atoms with E-state index in [1.165, 1.54) is 23.9 Å². The van der Waals surface area contributed by atoms with Gasteiger partial charge < -0.3 is 9.88 Å². The Hall–Kier alpha value is -1.61. The van der Waals surface area contributed by atoms with Crippen LogP contribution in [0.1, 0.15) is 0 Å². The van der Waals surface area contributed by atoms with Crippen molar-refractivity contribution in [2.75, 3.05) is 11.1 Å². The van der Waals surface area contributed by atoms with Crippen molar-refractivity contribution in [2.45, 2.75) is 5.16 Å². The predicted octanol–water partition coefficient (Wildman–Crippen LogP) is 5.42. The third kappa shape index (κ3) is 4.82. The molecule has 1 heterocycles. The number of nitrogens with zero attached hydrogens (tertiary/aromatic N) is 3. The Morgan fingerprint density at radius 2 is 2.04 bits per heavy atom. The molecular weight excluding hydrogens is 478 g/mol. The van der Waals surface area contributed by atoms with Gasteiger partial charge in [0.2, 0.25) is 5.91 Å². The molecular formula is C17H12BrCl2FN4OS. The average molecular weight is 490 g/mol. The number of hydrogen-bond donors (Lipinski definition) is 1. The van der Waals surface area contributed by atoms with Crippen LogP contribution in [0.3, 0.4) is 0 Å². The maximum Gasteiger partial charge on any atom is 0.234 e. The first-order valence-electron chi connectivity index (χ1n) is 7.57. The van der Waals surface area contributed by atoms with Crippen molar-refractivity contribution in [3.05, 3.63) is 56.7 Å². The maximum absolute atomic E-state index is 13.8. The lowest BCUT2D eigenvalue weighted by atomic mass is 10.2. The fourth-order valence-corrected chi connectivity index (χ4v) is 3.79. The van der Waals surface area contributed by atoms with Gasteiger partial charge in [-0.25, -0.2) is 4.39 Å². The molecule has 0 fully saturated rings. The SMILES string of the molecule is Cn1c(SCC(=O)Nc2ccc(Br)cc2F)nnc1-c1ccc(Cl)cc1Cl. The molecule has 27 heavy (non-hydrogen) atoms. The van der Waals surface area contributed by atoms with Gasteiger partial charge in [0.1, 0.15) is 5.82 Å². The standard InChI is InChI=1S/C17H12BrCl2FN4OS/c1-25-16(11-4-3-10(19)7-12(11)20)23-24-17(25)27-8-15(26)22-14-5-2-9(18)6-13(14)21/h2-7H,8H2,1H3,(H,22,26). The highest BCUT2D eigenvalue weighted by molar-refractivity contribution is 9.10. The predicted molar refractivity (Wildman–Crippen MR) is 110 cm³/mol. The minimum atomic E-state index is -0.513. The number of halogens is 4. The van der Waals surface area contributed by atoms with Gasteiger partial charge in [-0.3, -0.25) is 4.79 Å². The second kappa shape index (κ2) is 8.60. The second-order valence-electron chi connectivity index (χ2n) is 5.45. The van der Waals surface area contributed by atoms with Crippen LogP contribution >= 0.6 is 50.9 Å². The van der Waals surface area contributed by atoms with E-state index in [1.807, 2.05) is 0 Å². The van der Waals surface area contributed by atoms with E-state index in [0.29, 0.717) is 31.1 Å². The monoisotopic (exact) mass is 488 g/mol. The summed E-state index contributed by atoms with van der Waals surface area (Å²) in [5.41, 5.74) is 0.805. The lowest BCUT2D eigenvalue weighted by Crippen LogP contribution is -2.15. The highest BCUT2D eigenvalue weighted by Crippen LogP contribution is 2.30. The Labute approximate surface area is 177 Å². The van der Waals surface area contributed by atoms with Crippen molar-refractivity contribution >= 4 is 62.5 Å². The molecule has 1 amide bonds. The fraction of sp³-hybridized carbons (Fsp3) is 0.118. The molecule has 1 N–H and O–H groups in total. The molecule has 140 valence electrons. The van der Waals surface area contributed by atoms with Gasteiger partial charge in [-0.15, -0.1) is 10.2 Å². The molecule has 0 radical (unpaired) electrons. The summed E-state index contributed by atoms with van der Waals surface area (Å²) in [7, 11) is 1.77. The van der Waals surface area contributed by atoms with E-state index in [2.05, 4.69) is 31.4 Å². The molecule has 0 bridgehead atoms. The number of anilines is 1. The van der Waals surface area contributed by atoms with Crippen LogP contribution in [-0.4, -0.2) is 26.4 Å². The number of carbonyl (C=O) groups excluding carboxylic acids is 1. The van der Waals surface area contributed by atoms with Crippen LogP contribution in [0.5, 0.6) is 0 Å². The minimum Gasteiger partial charge on any atom is -0.323 e. The van der Waals surface area contributed by atoms with Crippen molar-refractivity contribution in [1.29, 1.82) is 0 Å². The first-order chi connectivity index (χ1) is 12.8. The van der Waals surface area contributed by atoms with Gasteiger partial charge in [0.25, 0.3) is 0 Å². The topological polar surface area (TPSA) is 59.8 Å². The third-order valence-corrected chi connectivity index (χ3v) is 5.61. The molecule has 2 aromatic carbocycles. The number of aromatic nitrogens is 3. The van der Waals surface area contributed by atoms with Crippen LogP contribution in [-0.2, 0) is 11.8 Å². The van der Waals surface area contributed by atoms with Gasteiger partial charge in [-0.05, 0) is 36.4 Å². The Kier molecular flexibility index (Phi) is 6.41. The number of nitrogens with one attached hydrogen (secondary N) is 1. The summed E-state index contributed by atoms with van der Waals surface area (Å²) >= 11 is 16.5. The molecule has 0 saturated carbocycles. The third-order valence-electron chi connectivity index (χ3n) is 3.54. The van der Waals surface area contributed by atoms with Gasteiger partial charge in [0.15, 0.2) is 11.0 Å². The molecule has 0 atom stereocenters. The summed E-state index contributed by atoms with van der Waals surface area (Å²) < 4.78 is 16.1. The summed E-state index contributed by atoms with van der Waals surface area (Å²) in [6.45, 7) is 0. The fourth-order valence-electron chi connectivity index (χ4n) is 2.25. The summed E-state index contributed by atoms with van der Waals surface area (Å²) in [4.78, 5) is 12.1. The molecule has 1 aromatic heterocycles. The van der Waals surface area contributed by atoms with Crippen molar-refractivity contribution in [1.82, 2.24) is 14.8 Å². The molecule has 3 rings (SSSR count). The van der Waals surface area contributed by atoms with E-state index in [0.717, 1.165) is 0 Å². The van der Waals surface area contributed by atoms with Crippen LogP contribution in [0.15, 0.2) is 46.0 Å². The van der Waals surface area contributed by atoms with Gasteiger partial charge in [-0.1, -0.05) is 50.9 Å². The lowest BCUT2D eigenvalue weighted by molar-refractivity contribution is -0.113. The summed E-state index contributed by atoms with van der Waals surface area (Å²) in [5, 5.41) is 12.3. The summed E-state index contributed by atoms with van der Waals surface area (Å²) in [6, 6.07) is 9.52. The highest BCUT2D eigenvalue weighted by atomic mass is 79.9. The first-order valence-corrected chi connectivity index (χ1v) is 10.1. The van der Waals surface area contributed by atoms with Gasteiger partial charge >= 0.3 is 0 Å². The second-order valence-corrected chi connectivity index (χ2v) is 8.15. The highest BCUT2D eigenvalue weighted by Gasteiger charge is 2.16. The smallest absolute Gasteiger partial charge is 0.234 e. The van der Waals surface area contributed by atoms with Gasteiger partial charge in [0, 0.05) is 22.1 Å². The zero-order valence-electron chi connectivity index (χ0n) is 13.8. The van der Waals surface area contributed by atoms with Crippen molar-refractivity contribution in [3.63, 3.8) is 0 Å². The van der Waals surface area contributed by atoms with Gasteiger partial charge in [0.05, 0.1) is 16.5 Å². The quantitative estimate of drug-likeness (QED) is 0.486. The van der Waals surface area contributed by atoms with Crippen LogP contribution in [0, 0.1) is 5.82 Å². The number of rotatable bonds is 5. The molecule has 0 aliphatic carbocycles. The van der Waals surface area contributed by atoms with Crippen LogP contribution < -0.4 is 5.32 Å².